The third-order valence-corrected chi connectivity index (χ3v) is 2.34. The topological polar surface area (TPSA) is 26.3 Å². The summed E-state index contributed by atoms with van der Waals surface area (Å²) in [4.78, 5) is 11.2. The summed E-state index contributed by atoms with van der Waals surface area (Å²) in [6, 6.07) is 9.71. The van der Waals surface area contributed by atoms with Crippen LogP contribution in [0.25, 0.3) is 5.57 Å². The lowest BCUT2D eigenvalue weighted by Gasteiger charge is -2.01. The fourth-order valence-electron chi connectivity index (χ4n) is 1.22. The monoisotopic (exact) mass is 280 g/mol. The van der Waals surface area contributed by atoms with E-state index >= 15 is 0 Å². The van der Waals surface area contributed by atoms with Crippen LogP contribution in [0, 0.1) is 0 Å². The van der Waals surface area contributed by atoms with Crippen molar-refractivity contribution in [3.8, 4) is 0 Å². The van der Waals surface area contributed by atoms with Crippen LogP contribution in [0.1, 0.15) is 5.56 Å². The highest BCUT2D eigenvalue weighted by molar-refractivity contribution is 9.09. The molecule has 0 aliphatic heterocycles. The normalized spacial score (nSPS) is 11.8. The number of carbonyl (C=O) groups is 1. The van der Waals surface area contributed by atoms with Crippen LogP contribution in [0.4, 0.5) is 0 Å². The Morgan fingerprint density at radius 3 is 2.62 bits per heavy atom. The predicted octanol–water partition coefficient (Wildman–Crippen LogP) is 3.19. The van der Waals surface area contributed by atoms with Crippen LogP contribution in [0.2, 0.25) is 0 Å². The second kappa shape index (κ2) is 7.01. The van der Waals surface area contributed by atoms with E-state index in [1.54, 1.807) is 0 Å². The van der Waals surface area contributed by atoms with Gasteiger partial charge in [0, 0.05) is 11.4 Å². The Labute approximate surface area is 104 Å². The van der Waals surface area contributed by atoms with Crippen LogP contribution in [0.3, 0.4) is 0 Å². The van der Waals surface area contributed by atoms with Crippen LogP contribution in [0.5, 0.6) is 0 Å². The van der Waals surface area contributed by atoms with E-state index in [2.05, 4.69) is 20.7 Å². The molecule has 0 atom stereocenters. The van der Waals surface area contributed by atoms with E-state index in [-0.39, 0.29) is 5.97 Å². The van der Waals surface area contributed by atoms with Gasteiger partial charge >= 0.3 is 5.97 Å². The van der Waals surface area contributed by atoms with Crippen molar-refractivity contribution in [1.82, 2.24) is 0 Å². The van der Waals surface area contributed by atoms with Gasteiger partial charge in [0.15, 0.2) is 0 Å². The van der Waals surface area contributed by atoms with Gasteiger partial charge in [-0.1, -0.05) is 58.4 Å². The number of benzene rings is 1. The molecule has 3 heteroatoms. The summed E-state index contributed by atoms with van der Waals surface area (Å²) in [5.74, 6) is -0.349. The Balaban J connectivity index is 3.01. The van der Waals surface area contributed by atoms with Gasteiger partial charge in [0.1, 0.15) is 0 Å². The third kappa shape index (κ3) is 4.03. The molecule has 0 bridgehead atoms. The van der Waals surface area contributed by atoms with Gasteiger partial charge in [-0.05, 0) is 11.1 Å². The number of hydrogen-bond donors (Lipinski definition) is 0. The fourth-order valence-corrected chi connectivity index (χ4v) is 1.40. The number of halogens is 1. The summed E-state index contributed by atoms with van der Waals surface area (Å²) in [7, 11) is 1.37. The lowest BCUT2D eigenvalue weighted by Crippen LogP contribution is -1.96. The molecule has 1 rings (SSSR count). The minimum atomic E-state index is -0.349. The van der Waals surface area contributed by atoms with Gasteiger partial charge in [0.2, 0.25) is 0 Å². The predicted molar refractivity (Wildman–Crippen MR) is 69.4 cm³/mol. The number of methoxy groups -OCH3 is 1. The summed E-state index contributed by atoms with van der Waals surface area (Å²) in [5.41, 5.74) is 1.83. The SMILES string of the molecule is COC(=O)/C=C(\C=C\CBr)c1ccccc1. The molecule has 0 heterocycles. The van der Waals surface area contributed by atoms with Gasteiger partial charge in [0.05, 0.1) is 7.11 Å². The molecule has 84 valence electrons. The molecule has 0 aliphatic rings. The molecule has 0 N–H and O–H groups in total. The Bertz CT molecular complexity index is 394. The number of hydrogen-bond acceptors (Lipinski definition) is 2. The van der Waals surface area contributed by atoms with Crippen molar-refractivity contribution in [2.45, 2.75) is 0 Å². The van der Waals surface area contributed by atoms with E-state index in [1.807, 2.05) is 42.5 Å². The first-order valence-electron chi connectivity index (χ1n) is 4.85. The summed E-state index contributed by atoms with van der Waals surface area (Å²) in [6.07, 6.45) is 5.30. The molecular formula is C13H13BrO2. The van der Waals surface area contributed by atoms with Crippen molar-refractivity contribution >= 4 is 27.5 Å². The van der Waals surface area contributed by atoms with E-state index in [1.165, 1.54) is 13.2 Å². The van der Waals surface area contributed by atoms with Crippen molar-refractivity contribution in [1.29, 1.82) is 0 Å². The average Bonchev–Trinajstić information content (AvgIpc) is 2.35. The molecule has 0 radical (unpaired) electrons. The van der Waals surface area contributed by atoms with Crippen LogP contribution >= 0.6 is 15.9 Å². The summed E-state index contributed by atoms with van der Waals surface area (Å²) >= 11 is 3.30. The number of carbonyl (C=O) groups excluding carboxylic acids is 1. The van der Waals surface area contributed by atoms with Crippen molar-refractivity contribution in [3.63, 3.8) is 0 Å². The van der Waals surface area contributed by atoms with Crippen molar-refractivity contribution in [3.05, 3.63) is 54.1 Å². The van der Waals surface area contributed by atoms with Crippen LogP contribution in [-0.4, -0.2) is 18.4 Å². The van der Waals surface area contributed by atoms with Crippen molar-refractivity contribution in [2.24, 2.45) is 0 Å². The minimum absolute atomic E-state index is 0.349. The van der Waals surface area contributed by atoms with Crippen molar-refractivity contribution < 1.29 is 9.53 Å². The number of alkyl halides is 1. The standard InChI is InChI=1S/C13H13BrO2/c1-16-13(15)10-12(8-5-9-14)11-6-3-2-4-7-11/h2-8,10H,9H2,1H3/b8-5+,12-10+. The van der Waals surface area contributed by atoms with Gasteiger partial charge in [0.25, 0.3) is 0 Å². The number of allylic oxidation sites excluding steroid dienone is 3. The zero-order chi connectivity index (χ0) is 11.8. The first kappa shape index (κ1) is 12.7. The molecule has 2 nitrogen and oxygen atoms in total. The largest absolute Gasteiger partial charge is 0.466 e. The Morgan fingerprint density at radius 1 is 1.38 bits per heavy atom. The fraction of sp³-hybridized carbons (Fsp3) is 0.154. The maximum absolute atomic E-state index is 11.2. The van der Waals surface area contributed by atoms with E-state index in [0.717, 1.165) is 16.5 Å². The lowest BCUT2D eigenvalue weighted by atomic mass is 10.1. The molecule has 1 aromatic rings. The highest BCUT2D eigenvalue weighted by atomic mass is 79.9. The molecule has 16 heavy (non-hydrogen) atoms. The zero-order valence-corrected chi connectivity index (χ0v) is 10.6. The lowest BCUT2D eigenvalue weighted by molar-refractivity contribution is -0.134. The van der Waals surface area contributed by atoms with Gasteiger partial charge in [-0.15, -0.1) is 0 Å². The molecule has 0 unspecified atom stereocenters. The first-order valence-corrected chi connectivity index (χ1v) is 5.97. The van der Waals surface area contributed by atoms with Crippen LogP contribution in [-0.2, 0) is 9.53 Å². The highest BCUT2D eigenvalue weighted by Gasteiger charge is 2.00. The third-order valence-electron chi connectivity index (χ3n) is 1.97. The van der Waals surface area contributed by atoms with E-state index in [0.29, 0.717) is 0 Å². The first-order chi connectivity index (χ1) is 7.77. The number of ether oxygens (including phenoxy) is 1. The maximum atomic E-state index is 11.2. The molecule has 1 aromatic carbocycles. The Hall–Kier alpha value is -1.35. The molecule has 0 saturated carbocycles. The van der Waals surface area contributed by atoms with Gasteiger partial charge in [-0.3, -0.25) is 0 Å². The Morgan fingerprint density at radius 2 is 2.06 bits per heavy atom. The quantitative estimate of drug-likeness (QED) is 0.366. The minimum Gasteiger partial charge on any atom is -0.466 e. The summed E-state index contributed by atoms with van der Waals surface area (Å²) < 4.78 is 4.62. The summed E-state index contributed by atoms with van der Waals surface area (Å²) in [6.45, 7) is 0. The Kier molecular flexibility index (Phi) is 5.57. The number of rotatable bonds is 4. The van der Waals surface area contributed by atoms with Crippen LogP contribution < -0.4 is 0 Å². The molecule has 0 spiro atoms. The average molecular weight is 281 g/mol. The molecule has 0 fully saturated rings. The van der Waals surface area contributed by atoms with E-state index in [4.69, 9.17) is 0 Å². The number of esters is 1. The van der Waals surface area contributed by atoms with E-state index in [9.17, 15) is 4.79 Å². The molecular weight excluding hydrogens is 268 g/mol. The highest BCUT2D eigenvalue weighted by Crippen LogP contribution is 2.15. The molecule has 0 amide bonds. The van der Waals surface area contributed by atoms with Gasteiger partial charge in [-0.2, -0.15) is 0 Å². The maximum Gasteiger partial charge on any atom is 0.331 e. The summed E-state index contributed by atoms with van der Waals surface area (Å²) in [5, 5.41) is 0.748. The van der Waals surface area contributed by atoms with Gasteiger partial charge in [-0.25, -0.2) is 4.79 Å². The smallest absolute Gasteiger partial charge is 0.331 e. The zero-order valence-electron chi connectivity index (χ0n) is 9.02. The molecule has 0 aliphatic carbocycles. The second-order valence-electron chi connectivity index (χ2n) is 3.05. The molecule has 0 aromatic heterocycles. The van der Waals surface area contributed by atoms with E-state index < -0.39 is 0 Å². The van der Waals surface area contributed by atoms with Crippen molar-refractivity contribution in [2.75, 3.05) is 12.4 Å². The van der Waals surface area contributed by atoms with Crippen LogP contribution in [0.15, 0.2) is 48.6 Å². The molecule has 0 saturated heterocycles. The van der Waals surface area contributed by atoms with Gasteiger partial charge < -0.3 is 4.74 Å². The second-order valence-corrected chi connectivity index (χ2v) is 3.69.